The number of rotatable bonds is 7. The molecule has 0 saturated heterocycles. The molecule has 0 aliphatic heterocycles. The summed E-state index contributed by atoms with van der Waals surface area (Å²) in [5.41, 5.74) is 2.20. The molecule has 1 unspecified atom stereocenters. The van der Waals surface area contributed by atoms with Crippen molar-refractivity contribution in [1.29, 1.82) is 0 Å². The van der Waals surface area contributed by atoms with Gasteiger partial charge in [0.25, 0.3) is 5.91 Å². The Morgan fingerprint density at radius 1 is 1.11 bits per heavy atom. The van der Waals surface area contributed by atoms with E-state index in [-0.39, 0.29) is 5.91 Å². The van der Waals surface area contributed by atoms with Crippen molar-refractivity contribution in [3.63, 3.8) is 0 Å². The van der Waals surface area contributed by atoms with Crippen LogP contribution >= 0.6 is 0 Å². The number of aromatic amines is 1. The Hall–Kier alpha value is -3.55. The summed E-state index contributed by atoms with van der Waals surface area (Å²) in [6.07, 6.45) is 4.82. The molecule has 1 aromatic carbocycles. The molecule has 0 saturated carbocycles. The zero-order chi connectivity index (χ0) is 20.1. The summed E-state index contributed by atoms with van der Waals surface area (Å²) in [7, 11) is 1.51. The van der Waals surface area contributed by atoms with E-state index in [0.29, 0.717) is 12.0 Å². The van der Waals surface area contributed by atoms with Gasteiger partial charge in [0, 0.05) is 30.6 Å². The lowest BCUT2D eigenvalue weighted by Crippen LogP contribution is -2.53. The molecule has 3 rings (SSSR count). The minimum Gasteiger partial charge on any atom is -0.472 e. The Bertz CT molecular complexity index is 977. The van der Waals surface area contributed by atoms with E-state index in [2.05, 4.69) is 20.9 Å². The predicted molar refractivity (Wildman–Crippen MR) is 104 cm³/mol. The average molecular weight is 382 g/mol. The minimum absolute atomic E-state index is 0.313. The molecule has 2 aromatic heterocycles. The molecule has 0 spiro atoms. The van der Waals surface area contributed by atoms with Crippen LogP contribution in [-0.4, -0.2) is 41.8 Å². The Labute approximate surface area is 161 Å². The average Bonchev–Trinajstić information content (AvgIpc) is 3.37. The smallest absolute Gasteiger partial charge is 0.255 e. The number of fused-ring (bicyclic) bond motifs is 1. The largest absolute Gasteiger partial charge is 0.472 e. The molecule has 0 radical (unpaired) electrons. The zero-order valence-corrected chi connectivity index (χ0v) is 15.6. The number of aromatic nitrogens is 1. The van der Waals surface area contributed by atoms with Crippen LogP contribution in [0.15, 0.2) is 53.5 Å². The van der Waals surface area contributed by atoms with E-state index < -0.39 is 23.9 Å². The van der Waals surface area contributed by atoms with Crippen LogP contribution in [-0.2, 0) is 16.0 Å². The van der Waals surface area contributed by atoms with Gasteiger partial charge >= 0.3 is 0 Å². The monoisotopic (exact) mass is 382 g/mol. The lowest BCUT2D eigenvalue weighted by atomic mass is 10.0. The summed E-state index contributed by atoms with van der Waals surface area (Å²) in [5, 5.41) is 8.86. The van der Waals surface area contributed by atoms with Crippen LogP contribution in [0.1, 0.15) is 22.8 Å². The van der Waals surface area contributed by atoms with Gasteiger partial charge in [0.05, 0.1) is 11.8 Å². The lowest BCUT2D eigenvalue weighted by molar-refractivity contribution is -0.129. The molecular weight excluding hydrogens is 360 g/mol. The third-order valence-electron chi connectivity index (χ3n) is 4.50. The van der Waals surface area contributed by atoms with Crippen LogP contribution in [0.5, 0.6) is 0 Å². The SMILES string of the molecule is CNC(=O)[C@H](Cc1c[nH]c2ccccc12)NC(=O)C(C)NC(=O)c1ccoc1. The van der Waals surface area contributed by atoms with Crippen LogP contribution in [0.3, 0.4) is 0 Å². The van der Waals surface area contributed by atoms with Crippen molar-refractivity contribution in [2.24, 2.45) is 0 Å². The Balaban J connectivity index is 1.69. The molecular formula is C20H22N4O4. The first-order valence-electron chi connectivity index (χ1n) is 8.89. The van der Waals surface area contributed by atoms with Crippen molar-refractivity contribution >= 4 is 28.6 Å². The molecule has 146 valence electrons. The molecule has 0 bridgehead atoms. The Morgan fingerprint density at radius 2 is 1.89 bits per heavy atom. The first kappa shape index (κ1) is 19.2. The zero-order valence-electron chi connectivity index (χ0n) is 15.6. The number of para-hydroxylation sites is 1. The summed E-state index contributed by atoms with van der Waals surface area (Å²) in [6, 6.07) is 7.65. The highest BCUT2D eigenvalue weighted by Crippen LogP contribution is 2.19. The van der Waals surface area contributed by atoms with Gasteiger partial charge in [-0.15, -0.1) is 0 Å². The predicted octanol–water partition coefficient (Wildman–Crippen LogP) is 1.35. The van der Waals surface area contributed by atoms with E-state index in [4.69, 9.17) is 4.42 Å². The second kappa shape index (κ2) is 8.43. The molecule has 3 amide bonds. The highest BCUT2D eigenvalue weighted by molar-refractivity contribution is 5.98. The topological polar surface area (TPSA) is 116 Å². The van der Waals surface area contributed by atoms with E-state index in [1.807, 2.05) is 30.5 Å². The number of carbonyl (C=O) groups excluding carboxylic acids is 3. The number of benzene rings is 1. The normalized spacial score (nSPS) is 12.9. The van der Waals surface area contributed by atoms with Crippen LogP contribution in [0.2, 0.25) is 0 Å². The number of nitrogens with one attached hydrogen (secondary N) is 4. The summed E-state index contributed by atoms with van der Waals surface area (Å²) in [5.74, 6) is -1.19. The fraction of sp³-hybridized carbons (Fsp3) is 0.250. The van der Waals surface area contributed by atoms with E-state index in [0.717, 1.165) is 16.5 Å². The van der Waals surface area contributed by atoms with Crippen LogP contribution < -0.4 is 16.0 Å². The van der Waals surface area contributed by atoms with E-state index in [1.54, 1.807) is 6.92 Å². The second-order valence-corrected chi connectivity index (χ2v) is 6.45. The summed E-state index contributed by atoms with van der Waals surface area (Å²) in [4.78, 5) is 40.1. The Kier molecular flexibility index (Phi) is 5.78. The third-order valence-corrected chi connectivity index (χ3v) is 4.50. The molecule has 8 heteroatoms. The van der Waals surface area contributed by atoms with Gasteiger partial charge in [-0.25, -0.2) is 0 Å². The van der Waals surface area contributed by atoms with Crippen molar-refractivity contribution in [1.82, 2.24) is 20.9 Å². The molecule has 2 atom stereocenters. The van der Waals surface area contributed by atoms with Crippen LogP contribution in [0.4, 0.5) is 0 Å². The van der Waals surface area contributed by atoms with Crippen LogP contribution in [0, 0.1) is 0 Å². The molecule has 3 aromatic rings. The molecule has 0 fully saturated rings. The molecule has 4 N–H and O–H groups in total. The minimum atomic E-state index is -0.822. The first-order valence-corrected chi connectivity index (χ1v) is 8.89. The number of H-pyrrole nitrogens is 1. The number of hydrogen-bond acceptors (Lipinski definition) is 4. The number of hydrogen-bond donors (Lipinski definition) is 4. The summed E-state index contributed by atoms with van der Waals surface area (Å²) in [6.45, 7) is 1.56. The maximum atomic E-state index is 12.5. The molecule has 8 nitrogen and oxygen atoms in total. The summed E-state index contributed by atoms with van der Waals surface area (Å²) >= 11 is 0. The van der Waals surface area contributed by atoms with Gasteiger partial charge in [-0.1, -0.05) is 18.2 Å². The van der Waals surface area contributed by atoms with Gasteiger partial charge in [0.2, 0.25) is 11.8 Å². The molecule has 2 heterocycles. The van der Waals surface area contributed by atoms with Gasteiger partial charge in [-0.3, -0.25) is 14.4 Å². The summed E-state index contributed by atoms with van der Waals surface area (Å²) < 4.78 is 4.86. The van der Waals surface area contributed by atoms with E-state index in [9.17, 15) is 14.4 Å². The molecule has 28 heavy (non-hydrogen) atoms. The maximum absolute atomic E-state index is 12.5. The Morgan fingerprint density at radius 3 is 2.61 bits per heavy atom. The number of carbonyl (C=O) groups is 3. The fourth-order valence-electron chi connectivity index (χ4n) is 2.94. The van der Waals surface area contributed by atoms with Crippen molar-refractivity contribution < 1.29 is 18.8 Å². The third kappa shape index (κ3) is 4.22. The quantitative estimate of drug-likeness (QED) is 0.494. The first-order chi connectivity index (χ1) is 13.5. The second-order valence-electron chi connectivity index (χ2n) is 6.45. The van der Waals surface area contributed by atoms with Crippen molar-refractivity contribution in [2.45, 2.75) is 25.4 Å². The van der Waals surface area contributed by atoms with Gasteiger partial charge in [0.15, 0.2) is 0 Å². The lowest BCUT2D eigenvalue weighted by Gasteiger charge is -2.20. The van der Waals surface area contributed by atoms with Crippen LogP contribution in [0.25, 0.3) is 10.9 Å². The van der Waals surface area contributed by atoms with Gasteiger partial charge < -0.3 is 25.4 Å². The standard InChI is InChI=1S/C20H22N4O4/c1-12(23-19(26)13-7-8-28-11-13)18(25)24-17(20(27)21-2)9-14-10-22-16-6-4-3-5-15(14)16/h3-8,10-12,17,22H,9H2,1-2H3,(H,21,27)(H,23,26)(H,24,25)/t12?,17-/m0/s1. The molecule has 0 aliphatic rings. The number of furan rings is 1. The fourth-order valence-corrected chi connectivity index (χ4v) is 2.94. The van der Waals surface area contributed by atoms with Crippen molar-refractivity contribution in [3.8, 4) is 0 Å². The number of amides is 3. The highest BCUT2D eigenvalue weighted by Gasteiger charge is 2.25. The van der Waals surface area contributed by atoms with Gasteiger partial charge in [-0.05, 0) is 24.6 Å². The van der Waals surface area contributed by atoms with Gasteiger partial charge in [0.1, 0.15) is 18.3 Å². The van der Waals surface area contributed by atoms with Crippen molar-refractivity contribution in [2.75, 3.05) is 7.05 Å². The highest BCUT2D eigenvalue weighted by atomic mass is 16.3. The molecule has 0 aliphatic carbocycles. The van der Waals surface area contributed by atoms with Crippen molar-refractivity contribution in [3.05, 3.63) is 60.2 Å². The van der Waals surface area contributed by atoms with Gasteiger partial charge in [-0.2, -0.15) is 0 Å². The maximum Gasteiger partial charge on any atom is 0.255 e. The number of likely N-dealkylation sites (N-methyl/N-ethyl adjacent to an activating group) is 1. The van der Waals surface area contributed by atoms with E-state index in [1.165, 1.54) is 25.6 Å². The van der Waals surface area contributed by atoms with E-state index >= 15 is 0 Å².